The quantitative estimate of drug-likeness (QED) is 0.817. The van der Waals surface area contributed by atoms with Crippen molar-refractivity contribution >= 4 is 12.2 Å². The molecule has 0 unspecified atom stereocenters. The van der Waals surface area contributed by atoms with Crippen LogP contribution in [0.5, 0.6) is 23.3 Å². The molecule has 6 nitrogen and oxygen atoms in total. The fourth-order valence-corrected chi connectivity index (χ4v) is 1.91. The highest BCUT2D eigenvalue weighted by molar-refractivity contribution is 5.72. The molecule has 22 heavy (non-hydrogen) atoms. The van der Waals surface area contributed by atoms with Gasteiger partial charge in [-0.15, -0.1) is 0 Å². The van der Waals surface area contributed by atoms with E-state index in [9.17, 15) is 0 Å². The monoisotopic (exact) mass is 302 g/mol. The summed E-state index contributed by atoms with van der Waals surface area (Å²) in [6.45, 7) is 0. The number of ether oxygens (including phenoxy) is 4. The van der Waals surface area contributed by atoms with E-state index in [2.05, 4.69) is 9.97 Å². The fraction of sp³-hybridized carbons (Fsp3) is 0.250. The molecule has 0 radical (unpaired) electrons. The zero-order valence-electron chi connectivity index (χ0n) is 13.0. The van der Waals surface area contributed by atoms with Crippen LogP contribution in [-0.4, -0.2) is 38.4 Å². The Bertz CT molecular complexity index is 629. The Balaban J connectivity index is 2.29. The SMILES string of the molecule is COc1ncc(/C=C\c2cc(OC)c(OC)c(OC)c2)cn1. The number of hydrogen-bond acceptors (Lipinski definition) is 6. The summed E-state index contributed by atoms with van der Waals surface area (Å²) in [7, 11) is 6.27. The zero-order valence-corrected chi connectivity index (χ0v) is 13.0. The number of benzene rings is 1. The maximum Gasteiger partial charge on any atom is 0.316 e. The average Bonchev–Trinajstić information content (AvgIpc) is 2.59. The van der Waals surface area contributed by atoms with Crippen molar-refractivity contribution in [3.63, 3.8) is 0 Å². The van der Waals surface area contributed by atoms with Crippen LogP contribution in [0.25, 0.3) is 12.2 Å². The highest BCUT2D eigenvalue weighted by atomic mass is 16.5. The average molecular weight is 302 g/mol. The van der Waals surface area contributed by atoms with Gasteiger partial charge in [-0.3, -0.25) is 0 Å². The molecule has 0 saturated heterocycles. The third-order valence-corrected chi connectivity index (χ3v) is 2.99. The summed E-state index contributed by atoms with van der Waals surface area (Å²) >= 11 is 0. The molecule has 2 aromatic rings. The van der Waals surface area contributed by atoms with Gasteiger partial charge in [0.15, 0.2) is 11.5 Å². The summed E-state index contributed by atoms with van der Waals surface area (Å²) in [5, 5.41) is 0. The topological polar surface area (TPSA) is 62.7 Å². The molecule has 0 aliphatic heterocycles. The van der Waals surface area contributed by atoms with Crippen LogP contribution in [0.1, 0.15) is 11.1 Å². The van der Waals surface area contributed by atoms with Crippen molar-refractivity contribution in [2.45, 2.75) is 0 Å². The molecule has 0 aliphatic carbocycles. The van der Waals surface area contributed by atoms with Gasteiger partial charge in [-0.05, 0) is 17.7 Å². The molecule has 6 heteroatoms. The van der Waals surface area contributed by atoms with Crippen LogP contribution in [0.15, 0.2) is 24.5 Å². The molecule has 2 rings (SSSR count). The molecule has 0 saturated carbocycles. The smallest absolute Gasteiger partial charge is 0.316 e. The van der Waals surface area contributed by atoms with E-state index in [0.29, 0.717) is 23.3 Å². The lowest BCUT2D eigenvalue weighted by molar-refractivity contribution is 0.324. The minimum absolute atomic E-state index is 0.338. The van der Waals surface area contributed by atoms with Crippen molar-refractivity contribution in [3.05, 3.63) is 35.7 Å². The summed E-state index contributed by atoms with van der Waals surface area (Å²) in [5.41, 5.74) is 1.76. The fourth-order valence-electron chi connectivity index (χ4n) is 1.91. The van der Waals surface area contributed by atoms with Crippen LogP contribution >= 0.6 is 0 Å². The first-order chi connectivity index (χ1) is 10.7. The Kier molecular flexibility index (Phi) is 5.19. The van der Waals surface area contributed by atoms with Gasteiger partial charge in [0.05, 0.1) is 28.4 Å². The number of methoxy groups -OCH3 is 4. The van der Waals surface area contributed by atoms with Crippen LogP contribution in [0, 0.1) is 0 Å². The maximum absolute atomic E-state index is 5.32. The Labute approximate surface area is 129 Å². The van der Waals surface area contributed by atoms with Gasteiger partial charge in [-0.2, -0.15) is 0 Å². The van der Waals surface area contributed by atoms with E-state index in [0.717, 1.165) is 11.1 Å². The second kappa shape index (κ2) is 7.31. The minimum atomic E-state index is 0.338. The van der Waals surface area contributed by atoms with Gasteiger partial charge in [0, 0.05) is 18.0 Å². The van der Waals surface area contributed by atoms with Gasteiger partial charge in [-0.25, -0.2) is 9.97 Å². The first-order valence-electron chi connectivity index (χ1n) is 6.56. The second-order valence-corrected chi connectivity index (χ2v) is 4.30. The van der Waals surface area contributed by atoms with E-state index in [4.69, 9.17) is 18.9 Å². The first-order valence-corrected chi connectivity index (χ1v) is 6.56. The Morgan fingerprint density at radius 2 is 1.27 bits per heavy atom. The third kappa shape index (κ3) is 3.46. The second-order valence-electron chi connectivity index (χ2n) is 4.30. The molecule has 116 valence electrons. The molecule has 0 aliphatic rings. The van der Waals surface area contributed by atoms with E-state index in [1.807, 2.05) is 24.3 Å². The van der Waals surface area contributed by atoms with Gasteiger partial charge in [0.1, 0.15) is 0 Å². The van der Waals surface area contributed by atoms with Crippen molar-refractivity contribution < 1.29 is 18.9 Å². The molecule has 0 fully saturated rings. The maximum atomic E-state index is 5.32. The van der Waals surface area contributed by atoms with Crippen molar-refractivity contribution in [3.8, 4) is 23.3 Å². The summed E-state index contributed by atoms with van der Waals surface area (Å²) in [6.07, 6.45) is 7.16. The van der Waals surface area contributed by atoms with E-state index < -0.39 is 0 Å². The minimum Gasteiger partial charge on any atom is -0.493 e. The Morgan fingerprint density at radius 3 is 1.73 bits per heavy atom. The van der Waals surface area contributed by atoms with Crippen LogP contribution in [0.3, 0.4) is 0 Å². The molecule has 0 atom stereocenters. The molecule has 0 N–H and O–H groups in total. The largest absolute Gasteiger partial charge is 0.493 e. The summed E-state index contributed by atoms with van der Waals surface area (Å²) < 4.78 is 20.9. The van der Waals surface area contributed by atoms with E-state index in [1.165, 1.54) is 7.11 Å². The lowest BCUT2D eigenvalue weighted by Crippen LogP contribution is -1.95. The van der Waals surface area contributed by atoms with E-state index in [1.54, 1.807) is 33.7 Å². The molecule has 0 spiro atoms. The van der Waals surface area contributed by atoms with Gasteiger partial charge < -0.3 is 18.9 Å². The first kappa shape index (κ1) is 15.6. The van der Waals surface area contributed by atoms with Crippen molar-refractivity contribution in [1.29, 1.82) is 0 Å². The lowest BCUT2D eigenvalue weighted by Gasteiger charge is -2.12. The number of rotatable bonds is 6. The summed E-state index contributed by atoms with van der Waals surface area (Å²) in [6, 6.07) is 4.06. The lowest BCUT2D eigenvalue weighted by atomic mass is 10.1. The molecular weight excluding hydrogens is 284 g/mol. The van der Waals surface area contributed by atoms with Gasteiger partial charge >= 0.3 is 6.01 Å². The standard InChI is InChI=1S/C16H18N2O4/c1-19-13-7-11(8-14(20-2)15(13)21-3)5-6-12-9-17-16(22-4)18-10-12/h5-10H,1-4H3/b6-5-. The molecule has 1 aromatic heterocycles. The zero-order chi connectivity index (χ0) is 15.9. The predicted octanol–water partition coefficient (Wildman–Crippen LogP) is 2.68. The predicted molar refractivity (Wildman–Crippen MR) is 83.6 cm³/mol. The Morgan fingerprint density at radius 1 is 0.727 bits per heavy atom. The molecular formula is C16H18N2O4. The number of aromatic nitrogens is 2. The third-order valence-electron chi connectivity index (χ3n) is 2.99. The van der Waals surface area contributed by atoms with Gasteiger partial charge in [0.25, 0.3) is 0 Å². The van der Waals surface area contributed by atoms with Gasteiger partial charge in [0.2, 0.25) is 5.75 Å². The number of nitrogens with zero attached hydrogens (tertiary/aromatic N) is 2. The molecule has 1 heterocycles. The Hall–Kier alpha value is -2.76. The molecule has 1 aromatic carbocycles. The van der Waals surface area contributed by atoms with E-state index in [-0.39, 0.29) is 0 Å². The van der Waals surface area contributed by atoms with E-state index >= 15 is 0 Å². The van der Waals surface area contributed by atoms with Crippen molar-refractivity contribution in [2.75, 3.05) is 28.4 Å². The van der Waals surface area contributed by atoms with Crippen molar-refractivity contribution in [2.24, 2.45) is 0 Å². The van der Waals surface area contributed by atoms with Gasteiger partial charge in [-0.1, -0.05) is 12.2 Å². The van der Waals surface area contributed by atoms with Crippen LogP contribution in [-0.2, 0) is 0 Å². The van der Waals surface area contributed by atoms with Crippen LogP contribution in [0.2, 0.25) is 0 Å². The van der Waals surface area contributed by atoms with Crippen LogP contribution in [0.4, 0.5) is 0 Å². The normalized spacial score (nSPS) is 10.5. The molecule has 0 amide bonds. The molecule has 0 bridgehead atoms. The highest BCUT2D eigenvalue weighted by Gasteiger charge is 2.11. The summed E-state index contributed by atoms with van der Waals surface area (Å²) in [5.74, 6) is 1.77. The highest BCUT2D eigenvalue weighted by Crippen LogP contribution is 2.38. The number of hydrogen-bond donors (Lipinski definition) is 0. The van der Waals surface area contributed by atoms with Crippen molar-refractivity contribution in [1.82, 2.24) is 9.97 Å². The summed E-state index contributed by atoms with van der Waals surface area (Å²) in [4.78, 5) is 8.10. The van der Waals surface area contributed by atoms with Crippen LogP contribution < -0.4 is 18.9 Å².